The second-order valence-corrected chi connectivity index (χ2v) is 6.74. The number of amides is 1. The normalized spacial score (nSPS) is 12.4. The summed E-state index contributed by atoms with van der Waals surface area (Å²) in [5, 5.41) is 0. The highest BCUT2D eigenvalue weighted by Crippen LogP contribution is 2.14. The van der Waals surface area contributed by atoms with Gasteiger partial charge in [-0.3, -0.25) is 4.79 Å². The topological polar surface area (TPSA) is 89.3 Å². The second kappa shape index (κ2) is 5.90. The van der Waals surface area contributed by atoms with Crippen LogP contribution in [0.1, 0.15) is 19.4 Å². The van der Waals surface area contributed by atoms with Crippen molar-refractivity contribution in [3.63, 3.8) is 0 Å². The molecule has 0 spiro atoms. The van der Waals surface area contributed by atoms with E-state index in [4.69, 9.17) is 17.3 Å². The van der Waals surface area contributed by atoms with E-state index in [1.54, 1.807) is 12.1 Å². The zero-order valence-electron chi connectivity index (χ0n) is 10.8. The van der Waals surface area contributed by atoms with Crippen LogP contribution in [0.3, 0.4) is 0 Å². The van der Waals surface area contributed by atoms with Gasteiger partial charge >= 0.3 is 0 Å². The number of nitrogens with one attached hydrogen (secondary N) is 1. The molecule has 0 aliphatic carbocycles. The standard InChI is InChI=1S/C12H17ClN2O3S/c1-12(2,11(14)16)15-19(17,18)10-5-3-9(4-6-10)7-8-13/h3-6,15H,7-8H2,1-2H3,(H2,14,16). The number of primary amides is 1. The summed E-state index contributed by atoms with van der Waals surface area (Å²) < 4.78 is 26.4. The maximum absolute atomic E-state index is 12.1. The van der Waals surface area contributed by atoms with Crippen LogP contribution in [0.25, 0.3) is 0 Å². The van der Waals surface area contributed by atoms with Crippen LogP contribution in [0, 0.1) is 0 Å². The van der Waals surface area contributed by atoms with E-state index in [2.05, 4.69) is 4.72 Å². The van der Waals surface area contributed by atoms with E-state index in [1.165, 1.54) is 26.0 Å². The number of hydrogen-bond acceptors (Lipinski definition) is 3. The minimum atomic E-state index is -3.78. The zero-order valence-corrected chi connectivity index (χ0v) is 12.4. The number of nitrogens with two attached hydrogens (primary N) is 1. The quantitative estimate of drug-likeness (QED) is 0.769. The largest absolute Gasteiger partial charge is 0.368 e. The molecule has 0 heterocycles. The van der Waals surface area contributed by atoms with Crippen molar-refractivity contribution in [2.45, 2.75) is 30.7 Å². The number of halogens is 1. The van der Waals surface area contributed by atoms with Crippen LogP contribution in [-0.2, 0) is 21.2 Å². The first kappa shape index (κ1) is 15.9. The molecule has 7 heteroatoms. The molecule has 0 radical (unpaired) electrons. The molecule has 19 heavy (non-hydrogen) atoms. The van der Waals surface area contributed by atoms with Gasteiger partial charge in [0.25, 0.3) is 0 Å². The SMILES string of the molecule is CC(C)(NS(=O)(=O)c1ccc(CCCl)cc1)C(N)=O. The molecule has 0 aromatic heterocycles. The van der Waals surface area contributed by atoms with Gasteiger partial charge in [-0.15, -0.1) is 11.6 Å². The predicted octanol–water partition coefficient (Wildman–Crippen LogP) is 1.01. The Bertz CT molecular complexity index is 553. The molecule has 0 bridgehead atoms. The molecular formula is C12H17ClN2O3S. The molecule has 0 unspecified atom stereocenters. The third kappa shape index (κ3) is 4.19. The third-order valence-corrected chi connectivity index (χ3v) is 4.48. The minimum Gasteiger partial charge on any atom is -0.368 e. The van der Waals surface area contributed by atoms with Crippen LogP contribution < -0.4 is 10.5 Å². The van der Waals surface area contributed by atoms with Gasteiger partial charge in [-0.05, 0) is 38.0 Å². The molecule has 0 saturated heterocycles. The average molecular weight is 305 g/mol. The number of rotatable bonds is 6. The van der Waals surface area contributed by atoms with Gasteiger partial charge < -0.3 is 5.73 Å². The Morgan fingerprint density at radius 3 is 2.26 bits per heavy atom. The molecule has 5 nitrogen and oxygen atoms in total. The lowest BCUT2D eigenvalue weighted by molar-refractivity contribution is -0.122. The monoisotopic (exact) mass is 304 g/mol. The second-order valence-electron chi connectivity index (χ2n) is 4.68. The summed E-state index contributed by atoms with van der Waals surface area (Å²) in [6, 6.07) is 6.32. The molecule has 1 amide bonds. The van der Waals surface area contributed by atoms with Gasteiger partial charge in [0.05, 0.1) is 4.90 Å². The first-order chi connectivity index (χ1) is 8.69. The first-order valence-electron chi connectivity index (χ1n) is 5.68. The Kier molecular flexibility index (Phi) is 4.95. The van der Waals surface area contributed by atoms with E-state index in [-0.39, 0.29) is 4.90 Å². The summed E-state index contributed by atoms with van der Waals surface area (Å²) in [5.74, 6) is -0.270. The highest BCUT2D eigenvalue weighted by molar-refractivity contribution is 7.89. The van der Waals surface area contributed by atoms with Crippen LogP contribution >= 0.6 is 11.6 Å². The van der Waals surface area contributed by atoms with Crippen LogP contribution in [-0.4, -0.2) is 25.7 Å². The summed E-state index contributed by atoms with van der Waals surface area (Å²) in [7, 11) is -3.78. The van der Waals surface area contributed by atoms with Gasteiger partial charge in [-0.2, -0.15) is 4.72 Å². The van der Waals surface area contributed by atoms with E-state index in [1.807, 2.05) is 0 Å². The molecule has 1 aromatic carbocycles. The number of aryl methyl sites for hydroxylation is 1. The Morgan fingerprint density at radius 1 is 1.32 bits per heavy atom. The third-order valence-electron chi connectivity index (χ3n) is 2.62. The summed E-state index contributed by atoms with van der Waals surface area (Å²) in [4.78, 5) is 11.2. The van der Waals surface area contributed by atoms with Gasteiger partial charge in [0, 0.05) is 5.88 Å². The van der Waals surface area contributed by atoms with E-state index >= 15 is 0 Å². The van der Waals surface area contributed by atoms with Gasteiger partial charge in [0.15, 0.2) is 0 Å². The summed E-state index contributed by atoms with van der Waals surface area (Å²) >= 11 is 5.61. The van der Waals surface area contributed by atoms with Crippen molar-refractivity contribution in [2.75, 3.05) is 5.88 Å². The molecule has 106 valence electrons. The number of alkyl halides is 1. The van der Waals surface area contributed by atoms with Crippen molar-refractivity contribution in [1.29, 1.82) is 0 Å². The van der Waals surface area contributed by atoms with Crippen molar-refractivity contribution in [2.24, 2.45) is 5.73 Å². The van der Waals surface area contributed by atoms with Gasteiger partial charge in [0.1, 0.15) is 5.54 Å². The number of carbonyl (C=O) groups is 1. The molecule has 0 saturated carbocycles. The summed E-state index contributed by atoms with van der Waals surface area (Å²) in [6.07, 6.45) is 0.669. The predicted molar refractivity (Wildman–Crippen MR) is 74.5 cm³/mol. The lowest BCUT2D eigenvalue weighted by atomic mass is 10.1. The highest BCUT2D eigenvalue weighted by atomic mass is 35.5. The Morgan fingerprint density at radius 2 is 1.84 bits per heavy atom. The maximum atomic E-state index is 12.1. The fourth-order valence-corrected chi connectivity index (χ4v) is 2.99. The average Bonchev–Trinajstić information content (AvgIpc) is 2.28. The fraction of sp³-hybridized carbons (Fsp3) is 0.417. The van der Waals surface area contributed by atoms with Crippen LogP contribution in [0.5, 0.6) is 0 Å². The molecule has 1 rings (SSSR count). The van der Waals surface area contributed by atoms with Crippen LogP contribution in [0.15, 0.2) is 29.2 Å². The van der Waals surface area contributed by atoms with Crippen LogP contribution in [0.4, 0.5) is 0 Å². The minimum absolute atomic E-state index is 0.0835. The van der Waals surface area contributed by atoms with Crippen molar-refractivity contribution in [1.82, 2.24) is 4.72 Å². The lowest BCUT2D eigenvalue weighted by Crippen LogP contribution is -2.52. The number of hydrogen-bond donors (Lipinski definition) is 2. The van der Waals surface area contributed by atoms with Crippen molar-refractivity contribution in [3.8, 4) is 0 Å². The molecule has 0 fully saturated rings. The molecule has 0 aliphatic heterocycles. The summed E-state index contributed by atoms with van der Waals surface area (Å²) in [6.45, 7) is 2.82. The van der Waals surface area contributed by atoms with E-state index < -0.39 is 21.5 Å². The van der Waals surface area contributed by atoms with Crippen LogP contribution in [0.2, 0.25) is 0 Å². The maximum Gasteiger partial charge on any atom is 0.241 e. The van der Waals surface area contributed by atoms with Crippen molar-refractivity contribution < 1.29 is 13.2 Å². The first-order valence-corrected chi connectivity index (χ1v) is 7.69. The molecule has 1 aromatic rings. The van der Waals surface area contributed by atoms with Crippen molar-refractivity contribution in [3.05, 3.63) is 29.8 Å². The van der Waals surface area contributed by atoms with E-state index in [0.29, 0.717) is 12.3 Å². The van der Waals surface area contributed by atoms with Gasteiger partial charge in [-0.1, -0.05) is 12.1 Å². The number of benzene rings is 1. The van der Waals surface area contributed by atoms with E-state index in [9.17, 15) is 13.2 Å². The zero-order chi connectivity index (χ0) is 14.7. The molecule has 0 aliphatic rings. The highest BCUT2D eigenvalue weighted by Gasteiger charge is 2.31. The van der Waals surface area contributed by atoms with Crippen molar-refractivity contribution >= 4 is 27.5 Å². The Hall–Kier alpha value is -1.11. The Balaban J connectivity index is 2.98. The summed E-state index contributed by atoms with van der Waals surface area (Å²) in [5.41, 5.74) is 4.75. The number of sulfonamides is 1. The fourth-order valence-electron chi connectivity index (χ4n) is 1.39. The van der Waals surface area contributed by atoms with Gasteiger partial charge in [0.2, 0.25) is 15.9 Å². The molecule has 3 N–H and O–H groups in total. The lowest BCUT2D eigenvalue weighted by Gasteiger charge is -2.22. The van der Waals surface area contributed by atoms with Gasteiger partial charge in [-0.25, -0.2) is 8.42 Å². The molecule has 0 atom stereocenters. The Labute approximate surface area is 118 Å². The van der Waals surface area contributed by atoms with E-state index in [0.717, 1.165) is 5.56 Å². The molecular weight excluding hydrogens is 288 g/mol. The smallest absolute Gasteiger partial charge is 0.241 e. The number of carbonyl (C=O) groups excluding carboxylic acids is 1.